The van der Waals surface area contributed by atoms with Crippen molar-refractivity contribution in [2.75, 3.05) is 19.7 Å². The summed E-state index contributed by atoms with van der Waals surface area (Å²) in [4.78, 5) is 21.6. The van der Waals surface area contributed by atoms with Gasteiger partial charge in [0.25, 0.3) is 0 Å². The summed E-state index contributed by atoms with van der Waals surface area (Å²) in [6.45, 7) is 1.40. The van der Waals surface area contributed by atoms with E-state index in [-0.39, 0.29) is 18.7 Å². The summed E-state index contributed by atoms with van der Waals surface area (Å²) in [5.41, 5.74) is 2.02. The Bertz CT molecular complexity index is 607. The van der Waals surface area contributed by atoms with Crippen molar-refractivity contribution in [1.82, 2.24) is 20.2 Å². The van der Waals surface area contributed by atoms with Crippen molar-refractivity contribution in [1.29, 1.82) is 0 Å². The molecule has 3 N–H and O–H groups in total. The molecule has 0 saturated carbocycles. The van der Waals surface area contributed by atoms with Crippen molar-refractivity contribution >= 4 is 17.1 Å². The summed E-state index contributed by atoms with van der Waals surface area (Å²) in [6, 6.07) is 7.87. The van der Waals surface area contributed by atoms with Crippen LogP contribution in [0.1, 0.15) is 25.1 Å². The Hall–Kier alpha value is -2.08. The Kier molecular flexibility index (Phi) is 4.58. The number of aromatic amines is 1. The molecule has 3 rings (SSSR count). The smallest absolute Gasteiger partial charge is 0.317 e. The van der Waals surface area contributed by atoms with Crippen LogP contribution in [0.2, 0.25) is 0 Å². The van der Waals surface area contributed by atoms with Crippen LogP contribution in [0.4, 0.5) is 4.79 Å². The number of carbonyl (C=O) groups excluding carboxylic acids is 1. The standard InChI is InChI=1S/C16H22N4O2/c21-11-12-5-4-10-20(12)16(22)17-9-3-8-15-18-13-6-1-2-7-14(13)19-15/h1-2,6-7,12,21H,3-5,8-11H2,(H,17,22)(H,18,19)/t12-/m1/s1. The molecule has 6 nitrogen and oxygen atoms in total. The summed E-state index contributed by atoms with van der Waals surface area (Å²) < 4.78 is 0. The van der Waals surface area contributed by atoms with Crippen molar-refractivity contribution in [2.45, 2.75) is 31.7 Å². The van der Waals surface area contributed by atoms with Gasteiger partial charge in [-0.25, -0.2) is 9.78 Å². The monoisotopic (exact) mass is 302 g/mol. The number of aliphatic hydroxyl groups is 1. The van der Waals surface area contributed by atoms with Crippen molar-refractivity contribution < 1.29 is 9.90 Å². The molecule has 2 heterocycles. The average Bonchev–Trinajstić information content (AvgIpc) is 3.16. The Morgan fingerprint density at radius 1 is 1.45 bits per heavy atom. The zero-order chi connectivity index (χ0) is 15.4. The first-order valence-electron chi connectivity index (χ1n) is 7.87. The summed E-state index contributed by atoms with van der Waals surface area (Å²) in [5, 5.41) is 12.2. The first-order chi connectivity index (χ1) is 10.8. The van der Waals surface area contributed by atoms with E-state index >= 15 is 0 Å². The molecule has 1 aliphatic heterocycles. The maximum atomic E-state index is 12.0. The van der Waals surface area contributed by atoms with Crippen molar-refractivity contribution in [3.05, 3.63) is 30.1 Å². The third-order valence-corrected chi connectivity index (χ3v) is 4.15. The highest BCUT2D eigenvalue weighted by Crippen LogP contribution is 2.16. The molecular weight excluding hydrogens is 280 g/mol. The van der Waals surface area contributed by atoms with Crippen LogP contribution in [0.25, 0.3) is 11.0 Å². The Morgan fingerprint density at radius 3 is 3.14 bits per heavy atom. The average molecular weight is 302 g/mol. The molecule has 0 bridgehead atoms. The number of aryl methyl sites for hydroxylation is 1. The molecule has 0 radical (unpaired) electrons. The SMILES string of the molecule is O=C(NCCCc1nc2ccccc2[nH]1)N1CCC[C@@H]1CO. The molecule has 1 atom stereocenters. The number of rotatable bonds is 5. The number of carbonyl (C=O) groups is 1. The van der Waals surface area contributed by atoms with Gasteiger partial charge >= 0.3 is 6.03 Å². The first-order valence-corrected chi connectivity index (χ1v) is 7.87. The first kappa shape index (κ1) is 14.8. The molecule has 1 aliphatic rings. The lowest BCUT2D eigenvalue weighted by Gasteiger charge is -2.23. The molecule has 1 aromatic carbocycles. The molecular formula is C16H22N4O2. The van der Waals surface area contributed by atoms with Crippen LogP contribution in [0.3, 0.4) is 0 Å². The number of nitrogens with one attached hydrogen (secondary N) is 2. The van der Waals surface area contributed by atoms with Crippen LogP contribution >= 0.6 is 0 Å². The van der Waals surface area contributed by atoms with Crippen LogP contribution in [0.5, 0.6) is 0 Å². The molecule has 2 aromatic rings. The second-order valence-corrected chi connectivity index (χ2v) is 5.71. The number of benzene rings is 1. The quantitative estimate of drug-likeness (QED) is 0.735. The van der Waals surface area contributed by atoms with Gasteiger partial charge in [0.1, 0.15) is 5.82 Å². The largest absolute Gasteiger partial charge is 0.394 e. The van der Waals surface area contributed by atoms with E-state index in [4.69, 9.17) is 0 Å². The van der Waals surface area contributed by atoms with Crippen molar-refractivity contribution in [3.63, 3.8) is 0 Å². The number of fused-ring (bicyclic) bond motifs is 1. The molecule has 118 valence electrons. The van der Waals surface area contributed by atoms with Crippen LogP contribution in [0.15, 0.2) is 24.3 Å². The van der Waals surface area contributed by atoms with E-state index in [0.29, 0.717) is 6.54 Å². The van der Waals surface area contributed by atoms with Crippen molar-refractivity contribution in [2.24, 2.45) is 0 Å². The third-order valence-electron chi connectivity index (χ3n) is 4.15. The number of H-pyrrole nitrogens is 1. The van der Waals surface area contributed by atoms with Gasteiger partial charge in [-0.1, -0.05) is 12.1 Å². The van der Waals surface area contributed by atoms with E-state index in [9.17, 15) is 9.90 Å². The van der Waals surface area contributed by atoms with Crippen LogP contribution in [-0.2, 0) is 6.42 Å². The summed E-state index contributed by atoms with van der Waals surface area (Å²) in [5.74, 6) is 0.949. The fourth-order valence-electron chi connectivity index (χ4n) is 2.97. The van der Waals surface area contributed by atoms with Crippen LogP contribution < -0.4 is 5.32 Å². The number of amides is 2. The van der Waals surface area contributed by atoms with E-state index in [1.54, 1.807) is 4.90 Å². The number of nitrogens with zero attached hydrogens (tertiary/aromatic N) is 2. The lowest BCUT2D eigenvalue weighted by molar-refractivity contribution is 0.157. The molecule has 1 aromatic heterocycles. The molecule has 6 heteroatoms. The highest BCUT2D eigenvalue weighted by molar-refractivity contribution is 5.75. The van der Waals surface area contributed by atoms with Gasteiger partial charge in [-0.15, -0.1) is 0 Å². The Balaban J connectivity index is 1.44. The minimum absolute atomic E-state index is 0.0182. The second kappa shape index (κ2) is 6.79. The number of imidazole rings is 1. The fraction of sp³-hybridized carbons (Fsp3) is 0.500. The van der Waals surface area contributed by atoms with Gasteiger partial charge in [-0.05, 0) is 31.4 Å². The van der Waals surface area contributed by atoms with E-state index < -0.39 is 0 Å². The van der Waals surface area contributed by atoms with E-state index in [0.717, 1.165) is 49.1 Å². The summed E-state index contributed by atoms with van der Waals surface area (Å²) >= 11 is 0. The molecule has 0 spiro atoms. The number of hydrogen-bond donors (Lipinski definition) is 3. The van der Waals surface area contributed by atoms with Crippen LogP contribution in [-0.4, -0.2) is 51.7 Å². The third kappa shape index (κ3) is 3.22. The number of hydrogen-bond acceptors (Lipinski definition) is 3. The number of urea groups is 1. The molecule has 0 aliphatic carbocycles. The highest BCUT2D eigenvalue weighted by atomic mass is 16.3. The topological polar surface area (TPSA) is 81.2 Å². The predicted molar refractivity (Wildman–Crippen MR) is 84.6 cm³/mol. The van der Waals surface area contributed by atoms with E-state index in [1.807, 2.05) is 24.3 Å². The number of para-hydroxylation sites is 2. The Morgan fingerprint density at radius 2 is 2.32 bits per heavy atom. The van der Waals surface area contributed by atoms with Gasteiger partial charge < -0.3 is 20.3 Å². The van der Waals surface area contributed by atoms with E-state index in [1.165, 1.54) is 0 Å². The maximum absolute atomic E-state index is 12.0. The number of aliphatic hydroxyl groups excluding tert-OH is 1. The summed E-state index contributed by atoms with van der Waals surface area (Å²) in [6.07, 6.45) is 3.50. The van der Waals surface area contributed by atoms with Gasteiger partial charge in [0.2, 0.25) is 0 Å². The van der Waals surface area contributed by atoms with E-state index in [2.05, 4.69) is 15.3 Å². The highest BCUT2D eigenvalue weighted by Gasteiger charge is 2.27. The van der Waals surface area contributed by atoms with Crippen LogP contribution in [0, 0.1) is 0 Å². The molecule has 2 amide bonds. The molecule has 1 fully saturated rings. The van der Waals surface area contributed by atoms with Gasteiger partial charge in [0, 0.05) is 19.5 Å². The molecule has 22 heavy (non-hydrogen) atoms. The normalized spacial score (nSPS) is 18.0. The zero-order valence-corrected chi connectivity index (χ0v) is 12.6. The lowest BCUT2D eigenvalue weighted by atomic mass is 10.2. The summed E-state index contributed by atoms with van der Waals surface area (Å²) in [7, 11) is 0. The second-order valence-electron chi connectivity index (χ2n) is 5.71. The predicted octanol–water partition coefficient (Wildman–Crippen LogP) is 1.66. The lowest BCUT2D eigenvalue weighted by Crippen LogP contribution is -2.44. The Labute approximate surface area is 129 Å². The van der Waals surface area contributed by atoms with Gasteiger partial charge in [0.15, 0.2) is 0 Å². The number of aromatic nitrogens is 2. The van der Waals surface area contributed by atoms with Crippen molar-refractivity contribution in [3.8, 4) is 0 Å². The zero-order valence-electron chi connectivity index (χ0n) is 12.6. The van der Waals surface area contributed by atoms with Gasteiger partial charge in [-0.2, -0.15) is 0 Å². The minimum Gasteiger partial charge on any atom is -0.394 e. The molecule has 1 saturated heterocycles. The minimum atomic E-state index is -0.0684. The van der Waals surface area contributed by atoms with Gasteiger partial charge in [-0.3, -0.25) is 0 Å². The molecule has 0 unspecified atom stereocenters. The fourth-order valence-corrected chi connectivity index (χ4v) is 2.97. The maximum Gasteiger partial charge on any atom is 0.317 e. The number of likely N-dealkylation sites (tertiary alicyclic amines) is 1. The van der Waals surface area contributed by atoms with Gasteiger partial charge in [0.05, 0.1) is 23.7 Å².